The van der Waals surface area contributed by atoms with E-state index in [-0.39, 0.29) is 12.6 Å². The highest BCUT2D eigenvalue weighted by Gasteiger charge is 1.85. The van der Waals surface area contributed by atoms with Crippen LogP contribution in [0.2, 0.25) is 0 Å². The second-order valence-corrected chi connectivity index (χ2v) is 3.24. The van der Waals surface area contributed by atoms with E-state index < -0.39 is 11.9 Å². The van der Waals surface area contributed by atoms with Crippen molar-refractivity contribution < 1.29 is 33.4 Å². The molecule has 0 aromatic carbocycles. The molecule has 0 aliphatic rings. The van der Waals surface area contributed by atoms with Gasteiger partial charge in [0.15, 0.2) is 0 Å². The van der Waals surface area contributed by atoms with Crippen LogP contribution >= 0.6 is 0 Å². The van der Waals surface area contributed by atoms with Gasteiger partial charge in [-0.2, -0.15) is 0 Å². The first-order valence-corrected chi connectivity index (χ1v) is 5.80. The first-order chi connectivity index (χ1) is 9.90. The maximum Gasteiger partial charge on any atom is 0.307 e. The van der Waals surface area contributed by atoms with Crippen molar-refractivity contribution in [3.05, 3.63) is 36.8 Å². The first kappa shape index (κ1) is 20.6. The Morgan fingerprint density at radius 2 is 1.29 bits per heavy atom. The third kappa shape index (κ3) is 26.8. The molecule has 0 N–H and O–H groups in total. The van der Waals surface area contributed by atoms with Crippen molar-refractivity contribution in [1.29, 1.82) is 0 Å². The summed E-state index contributed by atoms with van der Waals surface area (Å²) in [7, 11) is 0. The third-order valence-electron chi connectivity index (χ3n) is 1.33. The first-order valence-electron chi connectivity index (χ1n) is 5.80. The Bertz CT molecular complexity index is 395. The Labute approximate surface area is 122 Å². The minimum absolute atomic E-state index is 0.175. The summed E-state index contributed by atoms with van der Waals surface area (Å²) in [5.74, 6) is -1.13. The van der Waals surface area contributed by atoms with Crippen molar-refractivity contribution in [2.24, 2.45) is 0 Å². The van der Waals surface area contributed by atoms with Crippen LogP contribution in [0.1, 0.15) is 20.8 Å². The van der Waals surface area contributed by atoms with Crippen molar-refractivity contribution in [3.8, 4) is 0 Å². The molecule has 0 radical (unpaired) electrons. The molecule has 7 heteroatoms. The number of hydrogen-bond acceptors (Lipinski definition) is 7. The molecule has 0 saturated heterocycles. The number of allylic oxidation sites excluding steroid dienone is 3. The number of aldehydes is 1. The number of rotatable bonds is 6. The maximum atomic E-state index is 10.2. The van der Waals surface area contributed by atoms with Crippen LogP contribution in [-0.2, 0) is 33.4 Å². The van der Waals surface area contributed by atoms with Crippen LogP contribution in [0.15, 0.2) is 36.8 Å². The summed E-state index contributed by atoms with van der Waals surface area (Å²) in [5, 5.41) is 0. The van der Waals surface area contributed by atoms with E-state index in [1.807, 2.05) is 0 Å². The SMILES string of the molecule is CC(=O)O/C=C/C=C/OC(C)=O.CC(=O)OC/C=C/C=O. The van der Waals surface area contributed by atoms with Crippen LogP contribution in [0.4, 0.5) is 0 Å². The molecule has 0 heterocycles. The fourth-order valence-corrected chi connectivity index (χ4v) is 0.638. The number of esters is 3. The van der Waals surface area contributed by atoms with Crippen LogP contribution in [0, 0.1) is 0 Å². The minimum Gasteiger partial charge on any atom is -0.462 e. The van der Waals surface area contributed by atoms with E-state index in [0.29, 0.717) is 6.29 Å². The molecule has 0 fully saturated rings. The highest BCUT2D eigenvalue weighted by atomic mass is 16.5. The van der Waals surface area contributed by atoms with Gasteiger partial charge in [0.25, 0.3) is 0 Å². The molecule has 0 amide bonds. The van der Waals surface area contributed by atoms with Gasteiger partial charge in [0, 0.05) is 20.8 Å². The Balaban J connectivity index is 0. The summed E-state index contributed by atoms with van der Waals surface area (Å²) < 4.78 is 13.3. The van der Waals surface area contributed by atoms with Gasteiger partial charge >= 0.3 is 17.9 Å². The Kier molecular flexibility index (Phi) is 15.1. The van der Waals surface area contributed by atoms with Crippen LogP contribution in [0.5, 0.6) is 0 Å². The number of ether oxygens (including phenoxy) is 3. The lowest BCUT2D eigenvalue weighted by Crippen LogP contribution is -1.97. The summed E-state index contributed by atoms with van der Waals surface area (Å²) >= 11 is 0. The van der Waals surface area contributed by atoms with Crippen LogP contribution in [-0.4, -0.2) is 30.8 Å². The average molecular weight is 298 g/mol. The molecule has 0 aliphatic carbocycles. The Morgan fingerprint density at radius 3 is 1.62 bits per heavy atom. The number of carbonyl (C=O) groups excluding carboxylic acids is 4. The van der Waals surface area contributed by atoms with Crippen LogP contribution in [0.25, 0.3) is 0 Å². The zero-order valence-electron chi connectivity index (χ0n) is 12.1. The van der Waals surface area contributed by atoms with E-state index in [1.165, 1.54) is 57.6 Å². The molecule has 0 atom stereocenters. The lowest BCUT2D eigenvalue weighted by atomic mass is 10.5. The number of hydrogen-bond donors (Lipinski definition) is 0. The van der Waals surface area contributed by atoms with E-state index in [4.69, 9.17) is 0 Å². The van der Waals surface area contributed by atoms with Gasteiger partial charge in [-0.25, -0.2) is 0 Å². The van der Waals surface area contributed by atoms with Gasteiger partial charge in [-0.1, -0.05) is 0 Å². The van der Waals surface area contributed by atoms with Gasteiger partial charge in [-0.3, -0.25) is 19.2 Å². The van der Waals surface area contributed by atoms with E-state index in [0.717, 1.165) is 0 Å². The molecule has 0 bridgehead atoms. The van der Waals surface area contributed by atoms with Gasteiger partial charge in [-0.05, 0) is 24.3 Å². The van der Waals surface area contributed by atoms with Crippen LogP contribution in [0.3, 0.4) is 0 Å². The molecule has 7 nitrogen and oxygen atoms in total. The number of carbonyl (C=O) groups is 4. The monoisotopic (exact) mass is 298 g/mol. The Morgan fingerprint density at radius 1 is 0.810 bits per heavy atom. The third-order valence-corrected chi connectivity index (χ3v) is 1.33. The van der Waals surface area contributed by atoms with Crippen molar-refractivity contribution in [2.45, 2.75) is 20.8 Å². The molecular weight excluding hydrogens is 280 g/mol. The van der Waals surface area contributed by atoms with Gasteiger partial charge < -0.3 is 14.2 Å². The molecule has 0 saturated carbocycles. The zero-order chi connectivity index (χ0) is 16.5. The molecular formula is C14H18O7. The zero-order valence-corrected chi connectivity index (χ0v) is 12.1. The molecule has 0 aromatic rings. The van der Waals surface area contributed by atoms with Crippen molar-refractivity contribution in [2.75, 3.05) is 6.61 Å². The second-order valence-electron chi connectivity index (χ2n) is 3.24. The van der Waals surface area contributed by atoms with E-state index in [2.05, 4.69) is 14.2 Å². The molecule has 0 aliphatic heterocycles. The largest absolute Gasteiger partial charge is 0.462 e. The maximum absolute atomic E-state index is 10.2. The van der Waals surface area contributed by atoms with E-state index in [9.17, 15) is 19.2 Å². The van der Waals surface area contributed by atoms with E-state index in [1.54, 1.807) is 0 Å². The lowest BCUT2D eigenvalue weighted by Gasteiger charge is -1.91. The summed E-state index contributed by atoms with van der Waals surface area (Å²) in [6.07, 6.45) is 8.64. The summed E-state index contributed by atoms with van der Waals surface area (Å²) in [6, 6.07) is 0. The highest BCUT2D eigenvalue weighted by Crippen LogP contribution is 1.83. The smallest absolute Gasteiger partial charge is 0.307 e. The fraction of sp³-hybridized carbons (Fsp3) is 0.286. The lowest BCUT2D eigenvalue weighted by molar-refractivity contribution is -0.140. The molecule has 0 rings (SSSR count). The van der Waals surface area contributed by atoms with Gasteiger partial charge in [0.05, 0.1) is 12.5 Å². The predicted octanol–water partition coefficient (Wildman–Crippen LogP) is 1.44. The fourth-order valence-electron chi connectivity index (χ4n) is 0.638. The molecule has 0 aromatic heterocycles. The highest BCUT2D eigenvalue weighted by molar-refractivity contribution is 5.67. The van der Waals surface area contributed by atoms with Crippen molar-refractivity contribution in [3.63, 3.8) is 0 Å². The summed E-state index contributed by atoms with van der Waals surface area (Å²) in [4.78, 5) is 40.1. The minimum atomic E-state index is -0.396. The second kappa shape index (κ2) is 15.4. The average Bonchev–Trinajstić information content (AvgIpc) is 2.39. The van der Waals surface area contributed by atoms with Crippen molar-refractivity contribution in [1.82, 2.24) is 0 Å². The van der Waals surface area contributed by atoms with E-state index >= 15 is 0 Å². The molecule has 21 heavy (non-hydrogen) atoms. The van der Waals surface area contributed by atoms with Gasteiger partial charge in [0.1, 0.15) is 12.9 Å². The Hall–Kier alpha value is -2.70. The summed E-state index contributed by atoms with van der Waals surface area (Å²) in [6.45, 7) is 4.07. The van der Waals surface area contributed by atoms with Gasteiger partial charge in [-0.15, -0.1) is 0 Å². The normalized spacial score (nSPS) is 10.0. The molecule has 0 spiro atoms. The predicted molar refractivity (Wildman–Crippen MR) is 73.6 cm³/mol. The molecule has 116 valence electrons. The topological polar surface area (TPSA) is 96.0 Å². The standard InChI is InChI=1S/C8H10O4.C6H8O3/c1-7(9)11-5-3-4-6-12-8(2)10;1-6(8)9-5-3-2-4-7/h3-6H,1-2H3;2-4H,5H2,1H3/b5-3+,6-4+;3-2+. The van der Waals surface area contributed by atoms with Gasteiger partial charge in [0.2, 0.25) is 0 Å². The quantitative estimate of drug-likeness (QED) is 0.183. The van der Waals surface area contributed by atoms with Crippen molar-refractivity contribution >= 4 is 24.2 Å². The molecule has 0 unspecified atom stereocenters. The summed E-state index contributed by atoms with van der Waals surface area (Å²) in [5.41, 5.74) is 0. The van der Waals surface area contributed by atoms with Crippen LogP contribution < -0.4 is 0 Å².